The molecule has 3 aliphatic rings. The van der Waals surface area contributed by atoms with Crippen molar-refractivity contribution in [2.75, 3.05) is 30.9 Å². The van der Waals surface area contributed by atoms with Crippen molar-refractivity contribution in [1.29, 1.82) is 0 Å². The van der Waals surface area contributed by atoms with Gasteiger partial charge in [0.15, 0.2) is 5.15 Å². The maximum Gasteiger partial charge on any atom is 0.211 e. The van der Waals surface area contributed by atoms with Crippen LogP contribution in [-0.4, -0.2) is 56.0 Å². The number of halogens is 1. The Kier molecular flexibility index (Phi) is 4.05. The molecule has 0 amide bonds. The molecule has 0 unspecified atom stereocenters. The van der Waals surface area contributed by atoms with E-state index < -0.39 is 10.0 Å². The number of fused-ring (bicyclic) bond motifs is 1. The zero-order valence-electron chi connectivity index (χ0n) is 13.7. The van der Waals surface area contributed by atoms with Crippen molar-refractivity contribution < 1.29 is 8.42 Å². The number of hydrogen-bond acceptors (Lipinski definition) is 5. The standard InChI is InChI=1S/C16H21ClN4O2S/c1-24(22,23)20-6-4-13(5-7-20)21-10-18-9-12-8-14(11-2-3-11)19-16(17)15(12)21/h8-9,11,13H,2-7,10H2,1H3. The summed E-state index contributed by atoms with van der Waals surface area (Å²) in [4.78, 5) is 11.3. The summed E-state index contributed by atoms with van der Waals surface area (Å²) in [6, 6.07) is 2.35. The Balaban J connectivity index is 1.58. The van der Waals surface area contributed by atoms with Crippen LogP contribution in [0.2, 0.25) is 5.15 Å². The highest BCUT2D eigenvalue weighted by molar-refractivity contribution is 7.88. The van der Waals surface area contributed by atoms with Gasteiger partial charge in [-0.3, -0.25) is 4.99 Å². The SMILES string of the molecule is CS(=O)(=O)N1CCC(N2CN=Cc3cc(C4CC4)nc(Cl)c32)CC1. The van der Waals surface area contributed by atoms with Gasteiger partial charge >= 0.3 is 0 Å². The Bertz CT molecular complexity index is 784. The highest BCUT2D eigenvalue weighted by Crippen LogP contribution is 2.42. The average molecular weight is 369 g/mol. The van der Waals surface area contributed by atoms with E-state index in [2.05, 4.69) is 20.9 Å². The third kappa shape index (κ3) is 3.05. The van der Waals surface area contributed by atoms with Crippen LogP contribution in [0.25, 0.3) is 0 Å². The first-order valence-corrected chi connectivity index (χ1v) is 10.6. The fourth-order valence-corrected chi connectivity index (χ4v) is 4.79. The van der Waals surface area contributed by atoms with Gasteiger partial charge < -0.3 is 4.90 Å². The van der Waals surface area contributed by atoms with Crippen molar-refractivity contribution >= 4 is 33.5 Å². The molecule has 2 fully saturated rings. The fraction of sp³-hybridized carbons (Fsp3) is 0.625. The molecular weight excluding hydrogens is 348 g/mol. The van der Waals surface area contributed by atoms with Crippen molar-refractivity contribution in [3.8, 4) is 0 Å². The number of anilines is 1. The molecule has 1 saturated heterocycles. The molecule has 1 aromatic heterocycles. The van der Waals surface area contributed by atoms with Crippen LogP contribution < -0.4 is 4.90 Å². The average Bonchev–Trinajstić information content (AvgIpc) is 3.38. The van der Waals surface area contributed by atoms with Crippen LogP contribution in [0.5, 0.6) is 0 Å². The van der Waals surface area contributed by atoms with Gasteiger partial charge in [0, 0.05) is 42.5 Å². The summed E-state index contributed by atoms with van der Waals surface area (Å²) >= 11 is 6.51. The number of nitrogens with zero attached hydrogens (tertiary/aromatic N) is 4. The molecule has 1 saturated carbocycles. The van der Waals surface area contributed by atoms with Crippen LogP contribution in [0, 0.1) is 0 Å². The smallest absolute Gasteiger partial charge is 0.211 e. The van der Waals surface area contributed by atoms with Crippen LogP contribution in [0.4, 0.5) is 5.69 Å². The molecule has 2 aliphatic heterocycles. The van der Waals surface area contributed by atoms with Gasteiger partial charge in [-0.05, 0) is 31.7 Å². The number of aliphatic imine (C=N–C) groups is 1. The number of aromatic nitrogens is 1. The Hall–Kier alpha value is -1.18. The Labute approximate surface area is 147 Å². The molecule has 1 aromatic rings. The molecule has 8 heteroatoms. The molecule has 3 heterocycles. The summed E-state index contributed by atoms with van der Waals surface area (Å²) in [5.74, 6) is 0.551. The highest BCUT2D eigenvalue weighted by Gasteiger charge is 2.33. The second kappa shape index (κ2) is 5.97. The molecule has 6 nitrogen and oxygen atoms in total. The molecule has 24 heavy (non-hydrogen) atoms. The molecular formula is C16H21ClN4O2S. The van der Waals surface area contributed by atoms with Crippen molar-refractivity contribution in [3.63, 3.8) is 0 Å². The van der Waals surface area contributed by atoms with Gasteiger partial charge in [-0.25, -0.2) is 17.7 Å². The Morgan fingerprint density at radius 2 is 1.92 bits per heavy atom. The Morgan fingerprint density at radius 3 is 2.54 bits per heavy atom. The van der Waals surface area contributed by atoms with Crippen LogP contribution >= 0.6 is 11.6 Å². The number of hydrogen-bond donors (Lipinski definition) is 0. The summed E-state index contributed by atoms with van der Waals surface area (Å²) in [5.41, 5.74) is 3.06. The fourth-order valence-electron chi connectivity index (χ4n) is 3.60. The molecule has 0 bridgehead atoms. The van der Waals surface area contributed by atoms with Gasteiger partial charge in [0.05, 0.1) is 11.9 Å². The van der Waals surface area contributed by atoms with Crippen molar-refractivity contribution in [2.24, 2.45) is 4.99 Å². The first-order chi connectivity index (χ1) is 11.4. The minimum absolute atomic E-state index is 0.241. The predicted octanol–water partition coefficient (Wildman–Crippen LogP) is 2.23. The summed E-state index contributed by atoms with van der Waals surface area (Å²) in [7, 11) is -3.11. The van der Waals surface area contributed by atoms with Gasteiger partial charge in [-0.15, -0.1) is 0 Å². The van der Waals surface area contributed by atoms with Gasteiger partial charge in [0.25, 0.3) is 0 Å². The Morgan fingerprint density at radius 1 is 1.21 bits per heavy atom. The lowest BCUT2D eigenvalue weighted by molar-refractivity contribution is 0.312. The monoisotopic (exact) mass is 368 g/mol. The summed E-state index contributed by atoms with van der Waals surface area (Å²) < 4.78 is 24.9. The summed E-state index contributed by atoms with van der Waals surface area (Å²) in [6.07, 6.45) is 7.09. The normalized spacial score (nSPS) is 22.7. The molecule has 0 N–H and O–H groups in total. The third-order valence-electron chi connectivity index (χ3n) is 5.08. The first-order valence-electron chi connectivity index (χ1n) is 8.35. The number of sulfonamides is 1. The van der Waals surface area contributed by atoms with E-state index in [9.17, 15) is 8.42 Å². The van der Waals surface area contributed by atoms with Crippen molar-refractivity contribution in [3.05, 3.63) is 22.5 Å². The van der Waals surface area contributed by atoms with Crippen LogP contribution in [0.15, 0.2) is 11.1 Å². The first kappa shape index (κ1) is 16.3. The van der Waals surface area contributed by atoms with E-state index in [1.807, 2.05) is 6.21 Å². The van der Waals surface area contributed by atoms with E-state index >= 15 is 0 Å². The molecule has 0 spiro atoms. The van der Waals surface area contributed by atoms with Crippen molar-refractivity contribution in [1.82, 2.24) is 9.29 Å². The van der Waals surface area contributed by atoms with Crippen LogP contribution in [0.3, 0.4) is 0 Å². The van der Waals surface area contributed by atoms with E-state index in [1.165, 1.54) is 19.1 Å². The van der Waals surface area contributed by atoms with Gasteiger partial charge in [-0.2, -0.15) is 0 Å². The molecule has 0 aromatic carbocycles. The topological polar surface area (TPSA) is 65.9 Å². The van der Waals surface area contributed by atoms with Gasteiger partial charge in [-0.1, -0.05) is 11.6 Å². The maximum absolute atomic E-state index is 11.7. The largest absolute Gasteiger partial charge is 0.346 e. The second-order valence-corrected chi connectivity index (χ2v) is 9.21. The summed E-state index contributed by atoms with van der Waals surface area (Å²) in [6.45, 7) is 1.65. The highest BCUT2D eigenvalue weighted by atomic mass is 35.5. The van der Waals surface area contributed by atoms with Gasteiger partial charge in [0.1, 0.15) is 6.67 Å². The zero-order valence-corrected chi connectivity index (χ0v) is 15.2. The van der Waals surface area contributed by atoms with E-state index in [0.29, 0.717) is 30.8 Å². The minimum atomic E-state index is -3.11. The van der Waals surface area contributed by atoms with E-state index in [4.69, 9.17) is 11.6 Å². The minimum Gasteiger partial charge on any atom is -0.346 e. The number of rotatable bonds is 3. The lowest BCUT2D eigenvalue weighted by Crippen LogP contribution is -2.47. The van der Waals surface area contributed by atoms with Crippen LogP contribution in [-0.2, 0) is 10.0 Å². The zero-order chi connectivity index (χ0) is 16.9. The molecule has 1 aliphatic carbocycles. The van der Waals surface area contributed by atoms with Crippen molar-refractivity contribution in [2.45, 2.75) is 37.6 Å². The number of pyridine rings is 1. The molecule has 4 rings (SSSR count). The van der Waals surface area contributed by atoms with E-state index in [0.717, 1.165) is 29.8 Å². The second-order valence-electron chi connectivity index (χ2n) is 6.87. The summed E-state index contributed by atoms with van der Waals surface area (Å²) in [5, 5.41) is 0.547. The van der Waals surface area contributed by atoms with Crippen LogP contribution in [0.1, 0.15) is 42.9 Å². The number of piperidine rings is 1. The lowest BCUT2D eigenvalue weighted by Gasteiger charge is -2.40. The predicted molar refractivity (Wildman–Crippen MR) is 95.6 cm³/mol. The van der Waals surface area contributed by atoms with Gasteiger partial charge in [0.2, 0.25) is 10.0 Å². The molecule has 0 atom stereocenters. The lowest BCUT2D eigenvalue weighted by atomic mass is 10.0. The van der Waals surface area contributed by atoms with E-state index in [1.54, 1.807) is 4.31 Å². The quantitative estimate of drug-likeness (QED) is 0.767. The molecule has 0 radical (unpaired) electrons. The maximum atomic E-state index is 11.7. The van der Waals surface area contributed by atoms with E-state index in [-0.39, 0.29) is 6.04 Å². The molecule has 130 valence electrons. The third-order valence-corrected chi connectivity index (χ3v) is 6.65.